The number of aromatic nitrogens is 1. The van der Waals surface area contributed by atoms with Crippen LogP contribution < -0.4 is 0 Å². The molecule has 0 bridgehead atoms. The second kappa shape index (κ2) is 3.79. The zero-order valence-electron chi connectivity index (χ0n) is 8.44. The third-order valence-corrected chi connectivity index (χ3v) is 4.74. The summed E-state index contributed by atoms with van der Waals surface area (Å²) >= 11 is 5.83. The Hall–Kier alpha value is -0.920. The second-order valence-corrected chi connectivity index (χ2v) is 6.57. The first-order valence-electron chi connectivity index (χ1n) is 4.56. The molecule has 0 fully saturated rings. The summed E-state index contributed by atoms with van der Waals surface area (Å²) in [4.78, 5) is 24.8. The van der Waals surface area contributed by atoms with Gasteiger partial charge >= 0.3 is 0 Å². The predicted octanol–water partition coefficient (Wildman–Crippen LogP) is 3.00. The van der Waals surface area contributed by atoms with Gasteiger partial charge in [-0.2, -0.15) is 0 Å². The van der Waals surface area contributed by atoms with Gasteiger partial charge in [0, 0.05) is 5.56 Å². The molecule has 0 radical (unpaired) electrons. The summed E-state index contributed by atoms with van der Waals surface area (Å²) in [6.07, 6.45) is 1.79. The maximum Gasteiger partial charge on any atom is 0.233 e. The summed E-state index contributed by atoms with van der Waals surface area (Å²) in [7, 11) is 0. The molecule has 0 aromatic carbocycles. The van der Waals surface area contributed by atoms with Crippen molar-refractivity contribution in [2.45, 2.75) is 5.03 Å². The fourth-order valence-corrected chi connectivity index (χ4v) is 3.75. The number of rotatable bonds is 1. The van der Waals surface area contributed by atoms with Gasteiger partial charge in [-0.3, -0.25) is 9.59 Å². The van der Waals surface area contributed by atoms with Gasteiger partial charge in [-0.05, 0) is 28.3 Å². The van der Waals surface area contributed by atoms with E-state index in [4.69, 9.17) is 4.52 Å². The van der Waals surface area contributed by atoms with E-state index in [1.807, 2.05) is 0 Å². The van der Waals surface area contributed by atoms with E-state index < -0.39 is 0 Å². The van der Waals surface area contributed by atoms with Crippen molar-refractivity contribution in [2.75, 3.05) is 6.26 Å². The number of nitrogens with zero attached hydrogens (tertiary/aromatic N) is 1. The van der Waals surface area contributed by atoms with Gasteiger partial charge in [0.05, 0.1) is 8.66 Å². The Kier molecular flexibility index (Phi) is 2.49. The average Bonchev–Trinajstić information content (AvgIpc) is 2.89. The molecular formula is C10H4BrNO3S2. The molecule has 0 saturated heterocycles. The van der Waals surface area contributed by atoms with Gasteiger partial charge in [0.15, 0.2) is 5.03 Å². The quantitative estimate of drug-likeness (QED) is 0.642. The number of hydrogen-bond donors (Lipinski definition) is 0. The minimum Gasteiger partial charge on any atom is -0.351 e. The minimum absolute atomic E-state index is 0.0529. The van der Waals surface area contributed by atoms with E-state index in [0.29, 0.717) is 21.0 Å². The van der Waals surface area contributed by atoms with Crippen LogP contribution in [-0.4, -0.2) is 23.0 Å². The van der Waals surface area contributed by atoms with Gasteiger partial charge in [0.25, 0.3) is 0 Å². The molecular weight excluding hydrogens is 326 g/mol. The Morgan fingerprint density at radius 3 is 2.88 bits per heavy atom. The van der Waals surface area contributed by atoms with Crippen LogP contribution in [0.15, 0.2) is 19.4 Å². The highest BCUT2D eigenvalue weighted by atomic mass is 79.9. The first-order valence-corrected chi connectivity index (χ1v) is 7.39. The molecule has 0 N–H and O–H groups in total. The van der Waals surface area contributed by atoms with Gasteiger partial charge in [-0.15, -0.1) is 23.1 Å². The Labute approximate surface area is 112 Å². The zero-order chi connectivity index (χ0) is 12.2. The molecule has 0 saturated carbocycles. The molecule has 0 amide bonds. The van der Waals surface area contributed by atoms with Crippen molar-refractivity contribution in [1.82, 2.24) is 5.16 Å². The lowest BCUT2D eigenvalue weighted by atomic mass is 9.96. The smallest absolute Gasteiger partial charge is 0.233 e. The SMILES string of the molecule is CSc1noc2c1C(=O)c1sc(Br)cc1C2=O. The van der Waals surface area contributed by atoms with Crippen LogP contribution in [0, 0.1) is 0 Å². The van der Waals surface area contributed by atoms with Crippen molar-refractivity contribution in [3.05, 3.63) is 31.6 Å². The Morgan fingerprint density at radius 2 is 2.18 bits per heavy atom. The number of fused-ring (bicyclic) bond motifs is 2. The largest absolute Gasteiger partial charge is 0.351 e. The molecule has 86 valence electrons. The molecule has 2 aromatic heterocycles. The van der Waals surface area contributed by atoms with Crippen molar-refractivity contribution in [3.8, 4) is 0 Å². The lowest BCUT2D eigenvalue weighted by molar-refractivity contribution is 0.0957. The number of thioether (sulfide) groups is 1. The lowest BCUT2D eigenvalue weighted by Gasteiger charge is -2.07. The number of ketones is 2. The predicted molar refractivity (Wildman–Crippen MR) is 67.2 cm³/mol. The van der Waals surface area contributed by atoms with Gasteiger partial charge in [0.2, 0.25) is 17.3 Å². The highest BCUT2D eigenvalue weighted by molar-refractivity contribution is 9.11. The molecule has 2 heterocycles. The average molecular weight is 330 g/mol. The van der Waals surface area contributed by atoms with E-state index in [0.717, 1.165) is 3.79 Å². The van der Waals surface area contributed by atoms with Crippen LogP contribution in [0.1, 0.15) is 31.4 Å². The van der Waals surface area contributed by atoms with E-state index in [1.165, 1.54) is 23.1 Å². The zero-order valence-corrected chi connectivity index (χ0v) is 11.7. The molecule has 17 heavy (non-hydrogen) atoms. The van der Waals surface area contributed by atoms with E-state index >= 15 is 0 Å². The molecule has 0 spiro atoms. The number of halogens is 1. The number of carbonyl (C=O) groups is 2. The molecule has 0 atom stereocenters. The van der Waals surface area contributed by atoms with Crippen molar-refractivity contribution < 1.29 is 14.1 Å². The van der Waals surface area contributed by atoms with Crippen molar-refractivity contribution in [2.24, 2.45) is 0 Å². The normalized spacial score (nSPS) is 13.8. The summed E-state index contributed by atoms with van der Waals surface area (Å²) in [5.41, 5.74) is 0.688. The van der Waals surface area contributed by atoms with Crippen LogP contribution in [0.5, 0.6) is 0 Å². The summed E-state index contributed by atoms with van der Waals surface area (Å²) in [6.45, 7) is 0. The molecule has 0 unspecified atom stereocenters. The summed E-state index contributed by atoms with van der Waals surface area (Å²) in [5, 5.41) is 4.21. The first kappa shape index (κ1) is 11.2. The van der Waals surface area contributed by atoms with Gasteiger partial charge in [-0.1, -0.05) is 5.16 Å². The summed E-state index contributed by atoms with van der Waals surface area (Å²) < 4.78 is 5.73. The standard InChI is InChI=1S/C10H4BrNO3S2/c1-16-10-5-7(14)9-3(2-4(11)17-9)6(13)8(5)15-12-10/h2H,1H3. The Morgan fingerprint density at radius 1 is 1.41 bits per heavy atom. The summed E-state index contributed by atoms with van der Waals surface area (Å²) in [5.74, 6) is -0.405. The second-order valence-electron chi connectivity index (χ2n) is 3.35. The monoisotopic (exact) mass is 329 g/mol. The van der Waals surface area contributed by atoms with Crippen LogP contribution in [0.25, 0.3) is 0 Å². The molecule has 3 rings (SSSR count). The topological polar surface area (TPSA) is 60.2 Å². The van der Waals surface area contributed by atoms with Crippen molar-refractivity contribution in [1.29, 1.82) is 0 Å². The molecule has 1 aliphatic carbocycles. The Balaban J connectivity index is 2.30. The first-order chi connectivity index (χ1) is 8.13. The van der Waals surface area contributed by atoms with Gasteiger partial charge in [0.1, 0.15) is 5.56 Å². The maximum atomic E-state index is 12.2. The number of thiophene rings is 1. The molecule has 2 aromatic rings. The van der Waals surface area contributed by atoms with Crippen LogP contribution >= 0.6 is 39.0 Å². The molecule has 7 heteroatoms. The maximum absolute atomic E-state index is 12.2. The van der Waals surface area contributed by atoms with Gasteiger partial charge < -0.3 is 4.52 Å². The highest BCUT2D eigenvalue weighted by Gasteiger charge is 2.38. The third-order valence-electron chi connectivity index (χ3n) is 2.44. The number of carbonyl (C=O) groups excluding carboxylic acids is 2. The van der Waals surface area contributed by atoms with Crippen LogP contribution in [0.2, 0.25) is 0 Å². The van der Waals surface area contributed by atoms with Gasteiger partial charge in [-0.25, -0.2) is 0 Å². The highest BCUT2D eigenvalue weighted by Crippen LogP contribution is 2.38. The van der Waals surface area contributed by atoms with E-state index in [9.17, 15) is 9.59 Å². The fourth-order valence-electron chi connectivity index (χ4n) is 1.70. The van der Waals surface area contributed by atoms with Crippen molar-refractivity contribution >= 4 is 50.6 Å². The minimum atomic E-state index is -0.274. The fraction of sp³-hybridized carbons (Fsp3) is 0.100. The third kappa shape index (κ3) is 1.46. The number of hydrogen-bond acceptors (Lipinski definition) is 6. The van der Waals surface area contributed by atoms with Crippen LogP contribution in [-0.2, 0) is 0 Å². The van der Waals surface area contributed by atoms with E-state index in [1.54, 1.807) is 12.3 Å². The molecule has 1 aliphatic rings. The Bertz CT molecular complexity index is 659. The summed E-state index contributed by atoms with van der Waals surface area (Å²) in [6, 6.07) is 1.64. The lowest BCUT2D eigenvalue weighted by Crippen LogP contribution is -2.17. The van der Waals surface area contributed by atoms with Crippen molar-refractivity contribution in [3.63, 3.8) is 0 Å². The van der Waals surface area contributed by atoms with E-state index in [-0.39, 0.29) is 17.3 Å². The van der Waals surface area contributed by atoms with Crippen LogP contribution in [0.3, 0.4) is 0 Å². The van der Waals surface area contributed by atoms with E-state index in [2.05, 4.69) is 21.1 Å². The van der Waals surface area contributed by atoms with Crippen LogP contribution in [0.4, 0.5) is 0 Å². The molecule has 0 aliphatic heterocycles. The molecule has 4 nitrogen and oxygen atoms in total.